The molecule has 0 atom stereocenters. The third kappa shape index (κ3) is 7.21. The minimum atomic E-state index is 0.477. The molecule has 0 aliphatic carbocycles. The zero-order chi connectivity index (χ0) is 15.3. The summed E-state index contributed by atoms with van der Waals surface area (Å²) in [4.78, 5) is 0. The normalized spacial score (nSPS) is 10.0. The smallest absolute Gasteiger partial charge is 0.101 e. The highest BCUT2D eigenvalue weighted by Gasteiger charge is 2.02. The molecule has 21 heavy (non-hydrogen) atoms. The van der Waals surface area contributed by atoms with Crippen LogP contribution in [0.1, 0.15) is 62.1 Å². The molecule has 3 heteroatoms. The van der Waals surface area contributed by atoms with E-state index < -0.39 is 0 Å². The zero-order valence-electron chi connectivity index (χ0n) is 12.9. The van der Waals surface area contributed by atoms with Gasteiger partial charge in [-0.25, -0.2) is 0 Å². The van der Waals surface area contributed by atoms with Gasteiger partial charge >= 0.3 is 0 Å². The van der Waals surface area contributed by atoms with Gasteiger partial charge in [-0.05, 0) is 54.9 Å². The zero-order valence-corrected chi connectivity index (χ0v) is 13.7. The van der Waals surface area contributed by atoms with Crippen molar-refractivity contribution in [3.05, 3.63) is 34.9 Å². The highest BCUT2D eigenvalue weighted by molar-refractivity contribution is 7.99. The van der Waals surface area contributed by atoms with E-state index in [9.17, 15) is 0 Å². The number of hydrogen-bond acceptors (Lipinski definition) is 3. The summed E-state index contributed by atoms with van der Waals surface area (Å²) in [5.74, 6) is 2.59. The van der Waals surface area contributed by atoms with Crippen molar-refractivity contribution in [3.8, 4) is 12.1 Å². The van der Waals surface area contributed by atoms with Crippen LogP contribution in [0.2, 0.25) is 0 Å². The van der Waals surface area contributed by atoms with Gasteiger partial charge in [0.15, 0.2) is 0 Å². The minimum absolute atomic E-state index is 0.477. The van der Waals surface area contributed by atoms with Crippen LogP contribution in [0, 0.1) is 22.7 Å². The first-order valence-electron chi connectivity index (χ1n) is 7.82. The Balaban J connectivity index is 2.16. The van der Waals surface area contributed by atoms with E-state index in [0.29, 0.717) is 11.1 Å². The van der Waals surface area contributed by atoms with Crippen molar-refractivity contribution in [2.75, 3.05) is 11.5 Å². The molecule has 0 aromatic heterocycles. The largest absolute Gasteiger partial charge is 0.192 e. The number of rotatable bonds is 10. The average molecular weight is 300 g/mol. The van der Waals surface area contributed by atoms with Crippen LogP contribution in [0.5, 0.6) is 0 Å². The molecule has 0 fully saturated rings. The van der Waals surface area contributed by atoms with Gasteiger partial charge in [-0.1, -0.05) is 32.3 Å². The third-order valence-corrected chi connectivity index (χ3v) is 4.63. The number of unbranched alkanes of at least 4 members (excludes halogenated alkanes) is 4. The predicted molar refractivity (Wildman–Crippen MR) is 90.3 cm³/mol. The molecule has 0 bridgehead atoms. The van der Waals surface area contributed by atoms with Gasteiger partial charge in [-0.15, -0.1) is 0 Å². The molecular weight excluding hydrogens is 276 g/mol. The predicted octanol–water partition coefficient (Wildman–Crippen LogP) is 5.07. The Kier molecular flexibility index (Phi) is 9.42. The van der Waals surface area contributed by atoms with Crippen LogP contribution < -0.4 is 0 Å². The average Bonchev–Trinajstić information content (AvgIpc) is 2.53. The Morgan fingerprint density at radius 3 is 2.33 bits per heavy atom. The van der Waals surface area contributed by atoms with Crippen molar-refractivity contribution < 1.29 is 0 Å². The van der Waals surface area contributed by atoms with Gasteiger partial charge in [-0.2, -0.15) is 22.3 Å². The van der Waals surface area contributed by atoms with Crippen LogP contribution in [-0.4, -0.2) is 11.5 Å². The molecule has 0 amide bonds. The molecule has 0 saturated carbocycles. The molecule has 1 rings (SSSR count). The number of nitrogens with zero attached hydrogens (tertiary/aromatic N) is 2. The van der Waals surface area contributed by atoms with E-state index in [1.807, 2.05) is 12.1 Å². The number of thioether (sulfide) groups is 1. The lowest BCUT2D eigenvalue weighted by atomic mass is 10.0. The van der Waals surface area contributed by atoms with Gasteiger partial charge in [0.25, 0.3) is 0 Å². The fourth-order valence-electron chi connectivity index (χ4n) is 2.17. The Bertz CT molecular complexity index is 497. The van der Waals surface area contributed by atoms with Crippen LogP contribution in [0.4, 0.5) is 0 Å². The van der Waals surface area contributed by atoms with Gasteiger partial charge in [0.05, 0.1) is 11.1 Å². The number of nitriles is 2. The van der Waals surface area contributed by atoms with E-state index in [1.165, 1.54) is 49.2 Å². The van der Waals surface area contributed by atoms with Crippen molar-refractivity contribution in [1.29, 1.82) is 10.5 Å². The lowest BCUT2D eigenvalue weighted by molar-refractivity contribution is 0.670. The first kappa shape index (κ1) is 17.6. The SMILES string of the molecule is CCCCSCCCCCCc1ccc(C#N)c(C#N)c1. The summed E-state index contributed by atoms with van der Waals surface area (Å²) in [5, 5.41) is 17.9. The first-order valence-corrected chi connectivity index (χ1v) is 8.98. The van der Waals surface area contributed by atoms with Crippen molar-refractivity contribution in [2.45, 2.75) is 51.9 Å². The second-order valence-corrected chi connectivity index (χ2v) is 6.46. The molecule has 0 spiro atoms. The number of aryl methyl sites for hydroxylation is 1. The van der Waals surface area contributed by atoms with Crippen LogP contribution in [-0.2, 0) is 6.42 Å². The Hall–Kier alpha value is -1.45. The van der Waals surface area contributed by atoms with Crippen LogP contribution in [0.25, 0.3) is 0 Å². The summed E-state index contributed by atoms with van der Waals surface area (Å²) in [6.45, 7) is 2.24. The summed E-state index contributed by atoms with van der Waals surface area (Å²) in [7, 11) is 0. The van der Waals surface area contributed by atoms with E-state index in [2.05, 4.69) is 30.8 Å². The Labute approximate surface area is 133 Å². The van der Waals surface area contributed by atoms with Crippen molar-refractivity contribution in [3.63, 3.8) is 0 Å². The topological polar surface area (TPSA) is 47.6 Å². The highest BCUT2D eigenvalue weighted by atomic mass is 32.2. The number of benzene rings is 1. The van der Waals surface area contributed by atoms with Gasteiger partial charge in [0.1, 0.15) is 12.1 Å². The standard InChI is InChI=1S/C18H24N2S/c1-2-3-11-21-12-7-5-4-6-8-16-9-10-17(14-19)18(13-16)15-20/h9-10,13H,2-8,11-12H2,1H3. The second-order valence-electron chi connectivity index (χ2n) is 5.23. The van der Waals surface area contributed by atoms with Crippen LogP contribution in [0.3, 0.4) is 0 Å². The molecule has 1 aromatic rings. The molecule has 1 aromatic carbocycles. The van der Waals surface area contributed by atoms with E-state index in [0.717, 1.165) is 12.8 Å². The molecule has 0 heterocycles. The summed E-state index contributed by atoms with van der Waals surface area (Å²) in [6.07, 6.45) is 8.65. The molecular formula is C18H24N2S. The summed E-state index contributed by atoms with van der Waals surface area (Å²) < 4.78 is 0. The van der Waals surface area contributed by atoms with Gasteiger partial charge in [0, 0.05) is 0 Å². The van der Waals surface area contributed by atoms with E-state index >= 15 is 0 Å². The fraction of sp³-hybridized carbons (Fsp3) is 0.556. The van der Waals surface area contributed by atoms with Gasteiger partial charge in [-0.3, -0.25) is 0 Å². The van der Waals surface area contributed by atoms with Crippen LogP contribution in [0.15, 0.2) is 18.2 Å². The summed E-state index contributed by atoms with van der Waals surface area (Å²) in [6, 6.07) is 9.75. The maximum atomic E-state index is 9.00. The molecule has 0 aliphatic heterocycles. The molecule has 0 unspecified atom stereocenters. The van der Waals surface area contributed by atoms with Crippen molar-refractivity contribution in [2.24, 2.45) is 0 Å². The lowest BCUT2D eigenvalue weighted by Crippen LogP contribution is -1.91. The van der Waals surface area contributed by atoms with Crippen molar-refractivity contribution in [1.82, 2.24) is 0 Å². The minimum Gasteiger partial charge on any atom is -0.192 e. The third-order valence-electron chi connectivity index (χ3n) is 3.47. The lowest BCUT2D eigenvalue weighted by Gasteiger charge is -2.04. The first-order chi connectivity index (χ1) is 10.3. The summed E-state index contributed by atoms with van der Waals surface area (Å²) in [5.41, 5.74) is 2.15. The molecule has 0 aliphatic rings. The maximum Gasteiger partial charge on any atom is 0.101 e. The number of hydrogen-bond donors (Lipinski definition) is 0. The van der Waals surface area contributed by atoms with E-state index in [1.54, 1.807) is 6.07 Å². The Morgan fingerprint density at radius 1 is 0.905 bits per heavy atom. The molecule has 0 radical (unpaired) electrons. The Morgan fingerprint density at radius 2 is 1.62 bits per heavy atom. The molecule has 0 N–H and O–H groups in total. The molecule has 112 valence electrons. The highest BCUT2D eigenvalue weighted by Crippen LogP contribution is 2.14. The van der Waals surface area contributed by atoms with Gasteiger partial charge < -0.3 is 0 Å². The van der Waals surface area contributed by atoms with Crippen molar-refractivity contribution >= 4 is 11.8 Å². The van der Waals surface area contributed by atoms with Crippen LogP contribution >= 0.6 is 11.8 Å². The van der Waals surface area contributed by atoms with Gasteiger partial charge in [0.2, 0.25) is 0 Å². The van der Waals surface area contributed by atoms with E-state index in [-0.39, 0.29) is 0 Å². The quantitative estimate of drug-likeness (QED) is 0.567. The monoisotopic (exact) mass is 300 g/mol. The maximum absolute atomic E-state index is 9.00. The molecule has 0 saturated heterocycles. The summed E-state index contributed by atoms with van der Waals surface area (Å²) >= 11 is 2.07. The van der Waals surface area contributed by atoms with E-state index in [4.69, 9.17) is 10.5 Å². The fourth-order valence-corrected chi connectivity index (χ4v) is 3.28. The molecule has 2 nitrogen and oxygen atoms in total. The second kappa shape index (κ2) is 11.2.